The van der Waals surface area contributed by atoms with Gasteiger partial charge in [-0.15, -0.1) is 0 Å². The number of likely N-dealkylation sites (tertiary alicyclic amines) is 1. The molecular formula is C27H27N3O5. The predicted octanol–water partition coefficient (Wildman–Crippen LogP) is 3.48. The van der Waals surface area contributed by atoms with E-state index >= 15 is 0 Å². The summed E-state index contributed by atoms with van der Waals surface area (Å²) in [5.74, 6) is -0.673. The van der Waals surface area contributed by atoms with Crippen LogP contribution in [0.25, 0.3) is 0 Å². The second-order valence-corrected chi connectivity index (χ2v) is 9.04. The molecule has 2 aliphatic heterocycles. The largest absolute Gasteiger partial charge is 0.508 e. The van der Waals surface area contributed by atoms with E-state index in [4.69, 9.17) is 4.74 Å². The first-order valence-electron chi connectivity index (χ1n) is 11.5. The van der Waals surface area contributed by atoms with Crippen molar-refractivity contribution in [2.75, 3.05) is 18.9 Å². The number of ether oxygens (including phenoxy) is 1. The molecule has 2 amide bonds. The summed E-state index contributed by atoms with van der Waals surface area (Å²) >= 11 is 0. The normalized spacial score (nSPS) is 16.9. The van der Waals surface area contributed by atoms with Gasteiger partial charge in [0.1, 0.15) is 29.4 Å². The zero-order chi connectivity index (χ0) is 24.5. The molecule has 2 aliphatic rings. The van der Waals surface area contributed by atoms with Gasteiger partial charge in [0.05, 0.1) is 6.04 Å². The van der Waals surface area contributed by atoms with Crippen molar-refractivity contribution in [3.8, 4) is 17.2 Å². The second-order valence-electron chi connectivity index (χ2n) is 9.04. The number of hydrogen-bond acceptors (Lipinski definition) is 6. The van der Waals surface area contributed by atoms with Gasteiger partial charge in [-0.1, -0.05) is 42.5 Å². The minimum atomic E-state index is -0.386. The third-order valence-corrected chi connectivity index (χ3v) is 6.49. The lowest BCUT2D eigenvalue weighted by Gasteiger charge is -2.20. The number of phenols is 2. The molecule has 1 fully saturated rings. The van der Waals surface area contributed by atoms with E-state index in [1.165, 1.54) is 6.07 Å². The van der Waals surface area contributed by atoms with Crippen LogP contribution in [0.3, 0.4) is 0 Å². The summed E-state index contributed by atoms with van der Waals surface area (Å²) in [4.78, 5) is 28.8. The van der Waals surface area contributed by atoms with Crippen LogP contribution in [0.15, 0.2) is 60.7 Å². The van der Waals surface area contributed by atoms with Crippen LogP contribution in [-0.2, 0) is 24.5 Å². The van der Waals surface area contributed by atoms with E-state index in [0.29, 0.717) is 26.1 Å². The lowest BCUT2D eigenvalue weighted by Crippen LogP contribution is -2.26. The molecule has 180 valence electrons. The number of benzene rings is 3. The molecule has 3 aromatic rings. The van der Waals surface area contributed by atoms with E-state index in [2.05, 4.69) is 5.32 Å². The number of likely N-dealkylation sites (N-methyl/N-ethyl adjacent to an activating group) is 1. The summed E-state index contributed by atoms with van der Waals surface area (Å²) in [7, 11) is 1.79. The number of rotatable bonds is 6. The Morgan fingerprint density at radius 1 is 1.09 bits per heavy atom. The summed E-state index contributed by atoms with van der Waals surface area (Å²) in [6, 6.07) is 17.8. The molecule has 1 atom stereocenters. The van der Waals surface area contributed by atoms with E-state index in [1.807, 2.05) is 48.5 Å². The standard InChI is InChI=1S/C27H27N3O5/c1-29-14-19(10-25(29)33)28-22-9-5-8-18-13-30(15-21(18)22)27(34)26-23(32)11-20(31)12-24(26)35-16-17-6-3-2-4-7-17/h2-9,11-12,19,28,31-32H,10,13-16H2,1H3/t19-/m0/s1. The number of phenolic OH excluding ortho intramolecular Hbond substituents is 2. The van der Waals surface area contributed by atoms with Crippen LogP contribution in [0.1, 0.15) is 33.5 Å². The van der Waals surface area contributed by atoms with Crippen LogP contribution < -0.4 is 10.1 Å². The first kappa shape index (κ1) is 22.6. The summed E-state index contributed by atoms with van der Waals surface area (Å²) in [6.45, 7) is 1.55. The number of amides is 2. The number of nitrogens with one attached hydrogen (secondary N) is 1. The van der Waals surface area contributed by atoms with Crippen molar-refractivity contribution in [2.45, 2.75) is 32.2 Å². The van der Waals surface area contributed by atoms with Crippen molar-refractivity contribution in [1.29, 1.82) is 0 Å². The Labute approximate surface area is 203 Å². The molecular weight excluding hydrogens is 446 g/mol. The summed E-state index contributed by atoms with van der Waals surface area (Å²) in [5.41, 5.74) is 3.82. The van der Waals surface area contributed by atoms with Gasteiger partial charge in [-0.2, -0.15) is 0 Å². The van der Waals surface area contributed by atoms with Crippen molar-refractivity contribution in [3.63, 3.8) is 0 Å². The Kier molecular flexibility index (Phi) is 5.94. The number of anilines is 1. The molecule has 8 nitrogen and oxygen atoms in total. The van der Waals surface area contributed by atoms with Gasteiger partial charge in [-0.05, 0) is 22.8 Å². The fourth-order valence-electron chi connectivity index (χ4n) is 4.69. The van der Waals surface area contributed by atoms with E-state index < -0.39 is 0 Å². The molecule has 1 saturated heterocycles. The number of aromatic hydroxyl groups is 2. The number of carbonyl (C=O) groups excluding carboxylic acids is 2. The summed E-state index contributed by atoms with van der Waals surface area (Å²) in [6.07, 6.45) is 0.437. The summed E-state index contributed by atoms with van der Waals surface area (Å²) in [5, 5.41) is 24.1. The zero-order valence-electron chi connectivity index (χ0n) is 19.4. The van der Waals surface area contributed by atoms with E-state index in [0.717, 1.165) is 28.4 Å². The molecule has 0 aromatic heterocycles. The van der Waals surface area contributed by atoms with Gasteiger partial charge < -0.3 is 30.1 Å². The Hall–Kier alpha value is -4.20. The predicted molar refractivity (Wildman–Crippen MR) is 130 cm³/mol. The van der Waals surface area contributed by atoms with Gasteiger partial charge >= 0.3 is 0 Å². The van der Waals surface area contributed by atoms with Gasteiger partial charge in [-0.25, -0.2) is 0 Å². The molecule has 3 N–H and O–H groups in total. The SMILES string of the molecule is CN1C[C@@H](Nc2cccc3c2CN(C(=O)c2c(O)cc(O)cc2OCc2ccccc2)C3)CC1=O. The maximum absolute atomic E-state index is 13.6. The minimum Gasteiger partial charge on any atom is -0.508 e. The fraction of sp³-hybridized carbons (Fsp3) is 0.259. The molecule has 2 heterocycles. The monoisotopic (exact) mass is 473 g/mol. The molecule has 5 rings (SSSR count). The molecule has 0 spiro atoms. The number of carbonyl (C=O) groups is 2. The number of hydrogen-bond donors (Lipinski definition) is 3. The van der Waals surface area contributed by atoms with E-state index in [-0.39, 0.29) is 47.3 Å². The quantitative estimate of drug-likeness (QED) is 0.507. The molecule has 0 unspecified atom stereocenters. The molecule has 0 aliphatic carbocycles. The Morgan fingerprint density at radius 3 is 2.63 bits per heavy atom. The smallest absolute Gasteiger partial charge is 0.262 e. The average Bonchev–Trinajstić information content (AvgIpc) is 3.41. The first-order valence-corrected chi connectivity index (χ1v) is 11.5. The van der Waals surface area contributed by atoms with Gasteiger partial charge in [-0.3, -0.25) is 9.59 Å². The highest BCUT2D eigenvalue weighted by atomic mass is 16.5. The highest BCUT2D eigenvalue weighted by Gasteiger charge is 2.32. The van der Waals surface area contributed by atoms with E-state index in [9.17, 15) is 19.8 Å². The number of fused-ring (bicyclic) bond motifs is 1. The number of nitrogens with zero attached hydrogens (tertiary/aromatic N) is 2. The molecule has 0 bridgehead atoms. The molecule has 0 radical (unpaired) electrons. The average molecular weight is 474 g/mol. The third kappa shape index (κ3) is 4.59. The fourth-order valence-corrected chi connectivity index (χ4v) is 4.69. The van der Waals surface area contributed by atoms with Gasteiger partial charge in [0, 0.05) is 50.9 Å². The van der Waals surface area contributed by atoms with Crippen molar-refractivity contribution in [2.24, 2.45) is 0 Å². The summed E-state index contributed by atoms with van der Waals surface area (Å²) < 4.78 is 5.86. The van der Waals surface area contributed by atoms with Crippen LogP contribution in [0.5, 0.6) is 17.2 Å². The maximum atomic E-state index is 13.6. The Morgan fingerprint density at radius 2 is 1.89 bits per heavy atom. The highest BCUT2D eigenvalue weighted by molar-refractivity contribution is 6.00. The van der Waals surface area contributed by atoms with Crippen molar-refractivity contribution < 1.29 is 24.5 Å². The molecule has 0 saturated carbocycles. The topological polar surface area (TPSA) is 102 Å². The molecule has 3 aromatic carbocycles. The third-order valence-electron chi connectivity index (χ3n) is 6.49. The van der Waals surface area contributed by atoms with Gasteiger partial charge in [0.15, 0.2) is 0 Å². The van der Waals surface area contributed by atoms with Crippen LogP contribution in [0.2, 0.25) is 0 Å². The van der Waals surface area contributed by atoms with Crippen molar-refractivity contribution in [1.82, 2.24) is 9.80 Å². The van der Waals surface area contributed by atoms with Crippen molar-refractivity contribution >= 4 is 17.5 Å². The minimum absolute atomic E-state index is 0.0166. The molecule has 8 heteroatoms. The van der Waals surface area contributed by atoms with Crippen LogP contribution in [0.4, 0.5) is 5.69 Å². The Bertz CT molecular complexity index is 1280. The van der Waals surface area contributed by atoms with Gasteiger partial charge in [0.25, 0.3) is 5.91 Å². The second kappa shape index (κ2) is 9.21. The highest BCUT2D eigenvalue weighted by Crippen LogP contribution is 2.37. The van der Waals surface area contributed by atoms with Gasteiger partial charge in [0.2, 0.25) is 5.91 Å². The van der Waals surface area contributed by atoms with Crippen LogP contribution in [-0.4, -0.2) is 51.5 Å². The first-order chi connectivity index (χ1) is 16.9. The molecule has 35 heavy (non-hydrogen) atoms. The zero-order valence-corrected chi connectivity index (χ0v) is 19.4. The van der Waals surface area contributed by atoms with E-state index in [1.54, 1.807) is 16.8 Å². The van der Waals surface area contributed by atoms with Crippen molar-refractivity contribution in [3.05, 3.63) is 82.9 Å². The maximum Gasteiger partial charge on any atom is 0.262 e. The van der Waals surface area contributed by atoms with Crippen LogP contribution >= 0.6 is 0 Å². The lowest BCUT2D eigenvalue weighted by molar-refractivity contribution is -0.126. The van der Waals surface area contributed by atoms with Crippen LogP contribution in [0, 0.1) is 0 Å². The lowest BCUT2D eigenvalue weighted by atomic mass is 10.1. The Balaban J connectivity index is 1.36.